The number of hydrogen-bond acceptors (Lipinski definition) is 3. The second-order valence-corrected chi connectivity index (χ2v) is 2.59. The van der Waals surface area contributed by atoms with Gasteiger partial charge in [-0.1, -0.05) is 6.08 Å². The minimum Gasteiger partial charge on any atom is -0.384 e. The van der Waals surface area contributed by atoms with Gasteiger partial charge < -0.3 is 10.8 Å². The van der Waals surface area contributed by atoms with Crippen molar-refractivity contribution >= 4 is 5.78 Å². The van der Waals surface area contributed by atoms with Crippen molar-refractivity contribution in [3.8, 4) is 0 Å². The summed E-state index contributed by atoms with van der Waals surface area (Å²) in [5, 5.41) is 9.11. The third-order valence-electron chi connectivity index (χ3n) is 1.53. The van der Waals surface area contributed by atoms with Gasteiger partial charge in [0, 0.05) is 6.04 Å². The number of rotatable bonds is 5. The molecular weight excluding hydrogens is 142 g/mol. The highest BCUT2D eigenvalue weighted by molar-refractivity contribution is 5.80. The first-order valence-electron chi connectivity index (χ1n) is 3.64. The van der Waals surface area contributed by atoms with E-state index in [0.29, 0.717) is 6.42 Å². The van der Waals surface area contributed by atoms with Crippen LogP contribution < -0.4 is 5.73 Å². The fourth-order valence-corrected chi connectivity index (χ4v) is 0.770. The van der Waals surface area contributed by atoms with E-state index in [0.717, 1.165) is 6.42 Å². The van der Waals surface area contributed by atoms with Crippen LogP contribution in [0.25, 0.3) is 0 Å². The number of aliphatic hydroxyl groups excluding tert-OH is 1. The van der Waals surface area contributed by atoms with E-state index in [2.05, 4.69) is 6.58 Å². The average Bonchev–Trinajstić information content (AvgIpc) is 1.98. The molecule has 0 heterocycles. The van der Waals surface area contributed by atoms with Crippen molar-refractivity contribution in [3.05, 3.63) is 12.7 Å². The number of hydrogen-bond donors (Lipinski definition) is 2. The zero-order valence-corrected chi connectivity index (χ0v) is 6.79. The average molecular weight is 157 g/mol. The minimum absolute atomic E-state index is 0.276. The summed E-state index contributed by atoms with van der Waals surface area (Å²) in [6, 6.07) is -0.453. The van der Waals surface area contributed by atoms with E-state index in [9.17, 15) is 4.79 Å². The maximum atomic E-state index is 10.6. The summed E-state index contributed by atoms with van der Waals surface area (Å²) in [6.07, 6.45) is 2.03. The van der Waals surface area contributed by atoms with Gasteiger partial charge in [-0.25, -0.2) is 0 Å². The Morgan fingerprint density at radius 3 is 2.73 bits per heavy atom. The van der Waals surface area contributed by atoms with Crippen molar-refractivity contribution in [2.24, 2.45) is 5.73 Å². The number of carbonyl (C=O) groups excluding carboxylic acids is 1. The van der Waals surface area contributed by atoms with Crippen LogP contribution in [0.15, 0.2) is 12.7 Å². The van der Waals surface area contributed by atoms with Gasteiger partial charge >= 0.3 is 0 Å². The fourth-order valence-electron chi connectivity index (χ4n) is 0.770. The zero-order chi connectivity index (χ0) is 8.85. The summed E-state index contributed by atoms with van der Waals surface area (Å²) >= 11 is 0. The number of nitrogens with two attached hydrogens (primary N) is 1. The van der Waals surface area contributed by atoms with Gasteiger partial charge in [-0.3, -0.25) is 4.79 Å². The molecule has 0 aliphatic rings. The third-order valence-corrected chi connectivity index (χ3v) is 1.53. The van der Waals surface area contributed by atoms with E-state index in [4.69, 9.17) is 10.8 Å². The predicted octanol–water partition coefficient (Wildman–Crippen LogP) is 0.230. The number of allylic oxidation sites excluding steroid dienone is 1. The lowest BCUT2D eigenvalue weighted by atomic mass is 10.0. The van der Waals surface area contributed by atoms with Gasteiger partial charge in [0.1, 0.15) is 6.10 Å². The van der Waals surface area contributed by atoms with Gasteiger partial charge in [-0.2, -0.15) is 0 Å². The first-order chi connectivity index (χ1) is 5.09. The SMILES string of the molecule is C=CCC[C@H](N)C(O)C(C)=O. The molecule has 0 fully saturated rings. The molecule has 0 saturated heterocycles. The third kappa shape index (κ3) is 3.91. The minimum atomic E-state index is -1.02. The molecule has 0 amide bonds. The van der Waals surface area contributed by atoms with Crippen LogP contribution in [-0.2, 0) is 4.79 Å². The molecule has 0 radical (unpaired) electrons. The first kappa shape index (κ1) is 10.3. The summed E-state index contributed by atoms with van der Waals surface area (Å²) in [7, 11) is 0. The Bertz CT molecular complexity index is 145. The van der Waals surface area contributed by atoms with Crippen molar-refractivity contribution in [1.82, 2.24) is 0 Å². The molecule has 0 bridgehead atoms. The van der Waals surface area contributed by atoms with E-state index in [1.807, 2.05) is 0 Å². The van der Waals surface area contributed by atoms with Crippen LogP contribution in [0.4, 0.5) is 0 Å². The van der Waals surface area contributed by atoms with Gasteiger partial charge in [-0.05, 0) is 19.8 Å². The lowest BCUT2D eigenvalue weighted by molar-refractivity contribution is -0.125. The summed E-state index contributed by atoms with van der Waals surface area (Å²) in [4.78, 5) is 10.6. The van der Waals surface area contributed by atoms with Crippen molar-refractivity contribution in [2.45, 2.75) is 31.9 Å². The molecule has 0 aromatic heterocycles. The van der Waals surface area contributed by atoms with Crippen LogP contribution in [0.3, 0.4) is 0 Å². The number of ketones is 1. The molecule has 0 spiro atoms. The van der Waals surface area contributed by atoms with Gasteiger partial charge in [0.25, 0.3) is 0 Å². The predicted molar refractivity (Wildman–Crippen MR) is 44.1 cm³/mol. The quantitative estimate of drug-likeness (QED) is 0.561. The van der Waals surface area contributed by atoms with Crippen LogP contribution in [-0.4, -0.2) is 23.0 Å². The maximum Gasteiger partial charge on any atom is 0.159 e. The van der Waals surface area contributed by atoms with Gasteiger partial charge in [-0.15, -0.1) is 6.58 Å². The highest BCUT2D eigenvalue weighted by atomic mass is 16.3. The van der Waals surface area contributed by atoms with Gasteiger partial charge in [0.2, 0.25) is 0 Å². The van der Waals surface area contributed by atoms with E-state index in [-0.39, 0.29) is 5.78 Å². The van der Waals surface area contributed by atoms with Crippen LogP contribution in [0.1, 0.15) is 19.8 Å². The van der Waals surface area contributed by atoms with Crippen LogP contribution in [0.5, 0.6) is 0 Å². The topological polar surface area (TPSA) is 63.3 Å². The molecule has 11 heavy (non-hydrogen) atoms. The van der Waals surface area contributed by atoms with Crippen molar-refractivity contribution in [2.75, 3.05) is 0 Å². The molecule has 0 aliphatic carbocycles. The van der Waals surface area contributed by atoms with Crippen LogP contribution in [0, 0.1) is 0 Å². The molecule has 3 heteroatoms. The van der Waals surface area contributed by atoms with E-state index in [1.54, 1.807) is 6.08 Å². The second kappa shape index (κ2) is 5.04. The molecule has 64 valence electrons. The molecule has 0 saturated carbocycles. The molecule has 1 unspecified atom stereocenters. The maximum absolute atomic E-state index is 10.6. The van der Waals surface area contributed by atoms with Gasteiger partial charge in [0.05, 0.1) is 0 Å². The number of Topliss-reactive ketones (excluding diaryl/α,β-unsaturated/α-hetero) is 1. The molecule has 0 aromatic carbocycles. The Morgan fingerprint density at radius 1 is 1.82 bits per heavy atom. The summed E-state index contributed by atoms with van der Waals surface area (Å²) in [5.74, 6) is -0.276. The molecule has 0 aliphatic heterocycles. The lowest BCUT2D eigenvalue weighted by Gasteiger charge is -2.14. The molecule has 0 aromatic rings. The second-order valence-electron chi connectivity index (χ2n) is 2.59. The molecule has 0 rings (SSSR count). The molecule has 3 nitrogen and oxygen atoms in total. The van der Waals surface area contributed by atoms with Crippen LogP contribution in [0.2, 0.25) is 0 Å². The van der Waals surface area contributed by atoms with E-state index in [1.165, 1.54) is 6.92 Å². The normalized spacial score (nSPS) is 15.5. The van der Waals surface area contributed by atoms with Gasteiger partial charge in [0.15, 0.2) is 5.78 Å². The number of aliphatic hydroxyl groups is 1. The lowest BCUT2D eigenvalue weighted by Crippen LogP contribution is -2.39. The first-order valence-corrected chi connectivity index (χ1v) is 3.64. The summed E-state index contributed by atoms with van der Waals surface area (Å²) in [5.41, 5.74) is 5.49. The number of carbonyl (C=O) groups is 1. The highest BCUT2D eigenvalue weighted by Crippen LogP contribution is 2.00. The van der Waals surface area contributed by atoms with Crippen LogP contribution >= 0.6 is 0 Å². The largest absolute Gasteiger partial charge is 0.384 e. The van der Waals surface area contributed by atoms with Crippen molar-refractivity contribution < 1.29 is 9.90 Å². The van der Waals surface area contributed by atoms with Crippen molar-refractivity contribution in [1.29, 1.82) is 0 Å². The van der Waals surface area contributed by atoms with E-state index < -0.39 is 12.1 Å². The Morgan fingerprint density at radius 2 is 2.36 bits per heavy atom. The standard InChI is InChI=1S/C8H15NO2/c1-3-4-5-7(9)8(11)6(2)10/h3,7-8,11H,1,4-5,9H2,2H3/t7-,8?/m0/s1. The van der Waals surface area contributed by atoms with Crippen molar-refractivity contribution in [3.63, 3.8) is 0 Å². The Kier molecular flexibility index (Phi) is 4.74. The molecule has 2 atom stereocenters. The Labute approximate surface area is 66.9 Å². The monoisotopic (exact) mass is 157 g/mol. The zero-order valence-electron chi connectivity index (χ0n) is 6.79. The smallest absolute Gasteiger partial charge is 0.159 e. The Balaban J connectivity index is 3.72. The molecular formula is C8H15NO2. The summed E-state index contributed by atoms with van der Waals surface area (Å²) < 4.78 is 0. The Hall–Kier alpha value is -0.670. The summed E-state index contributed by atoms with van der Waals surface area (Å²) in [6.45, 7) is 4.85. The highest BCUT2D eigenvalue weighted by Gasteiger charge is 2.17. The van der Waals surface area contributed by atoms with E-state index >= 15 is 0 Å². The fraction of sp³-hybridized carbons (Fsp3) is 0.625. The molecule has 3 N–H and O–H groups in total.